The van der Waals surface area contributed by atoms with Gasteiger partial charge in [-0.2, -0.15) is 5.26 Å². The van der Waals surface area contributed by atoms with Crippen LogP contribution in [0.25, 0.3) is 0 Å². The lowest BCUT2D eigenvalue weighted by atomic mass is 9.92. The van der Waals surface area contributed by atoms with Crippen molar-refractivity contribution in [3.63, 3.8) is 0 Å². The third kappa shape index (κ3) is 2.45. The molecule has 18 heavy (non-hydrogen) atoms. The first-order valence-corrected chi connectivity index (χ1v) is 5.81. The minimum absolute atomic E-state index is 0.0648. The van der Waals surface area contributed by atoms with Crippen molar-refractivity contribution in [1.82, 2.24) is 10.2 Å². The Morgan fingerprint density at radius 1 is 1.61 bits per heavy atom. The summed E-state index contributed by atoms with van der Waals surface area (Å²) < 4.78 is 4.85. The lowest BCUT2D eigenvalue weighted by Crippen LogP contribution is -2.55. The van der Waals surface area contributed by atoms with E-state index in [0.29, 0.717) is 11.3 Å². The van der Waals surface area contributed by atoms with Crippen LogP contribution < -0.4 is 5.32 Å². The maximum Gasteiger partial charge on any atom is 0.418 e. The van der Waals surface area contributed by atoms with Gasteiger partial charge < -0.3 is 10.1 Å². The predicted molar refractivity (Wildman–Crippen MR) is 64.3 cm³/mol. The number of amides is 3. The molecule has 6 nitrogen and oxygen atoms in total. The van der Waals surface area contributed by atoms with Gasteiger partial charge in [0, 0.05) is 5.70 Å². The molecular weight excluding hydrogens is 234 g/mol. The van der Waals surface area contributed by atoms with Crippen LogP contribution in [0.2, 0.25) is 0 Å². The summed E-state index contributed by atoms with van der Waals surface area (Å²) in [5.41, 5.74) is 0.874. The normalized spacial score (nSPS) is 19.7. The fourth-order valence-corrected chi connectivity index (χ4v) is 1.94. The second-order valence-corrected chi connectivity index (χ2v) is 4.34. The Kier molecular flexibility index (Phi) is 4.32. The molecule has 1 heterocycles. The number of hydrogen-bond acceptors (Lipinski definition) is 4. The smallest absolute Gasteiger partial charge is 0.418 e. The number of allylic oxidation sites excluding steroid dienone is 1. The third-order valence-electron chi connectivity index (χ3n) is 2.71. The predicted octanol–water partition coefficient (Wildman–Crippen LogP) is 1.99. The van der Waals surface area contributed by atoms with Crippen LogP contribution in [0, 0.1) is 17.2 Å². The number of carbonyl (C=O) groups excluding carboxylic acids is 2. The van der Waals surface area contributed by atoms with E-state index in [1.54, 1.807) is 13.8 Å². The topological polar surface area (TPSA) is 82.4 Å². The molecule has 0 fully saturated rings. The number of nitrogens with zero attached hydrogens (tertiary/aromatic N) is 2. The molecule has 0 aromatic rings. The molecule has 1 aliphatic rings. The molecule has 0 aliphatic carbocycles. The highest BCUT2D eigenvalue weighted by Crippen LogP contribution is 2.25. The van der Waals surface area contributed by atoms with Gasteiger partial charge in [-0.25, -0.2) is 14.5 Å². The molecule has 1 atom stereocenters. The van der Waals surface area contributed by atoms with Crippen molar-refractivity contribution < 1.29 is 14.3 Å². The minimum atomic E-state index is -0.728. The van der Waals surface area contributed by atoms with Crippen LogP contribution in [-0.2, 0) is 4.74 Å². The lowest BCUT2D eigenvalue weighted by Gasteiger charge is -2.35. The van der Waals surface area contributed by atoms with Crippen LogP contribution in [0.5, 0.6) is 0 Å². The van der Waals surface area contributed by atoms with Crippen molar-refractivity contribution in [1.29, 1.82) is 5.26 Å². The zero-order chi connectivity index (χ0) is 13.9. The van der Waals surface area contributed by atoms with Crippen molar-refractivity contribution in [2.45, 2.75) is 33.7 Å². The number of rotatable bonds is 2. The van der Waals surface area contributed by atoms with Gasteiger partial charge in [0.1, 0.15) is 0 Å². The molecule has 1 N–H and O–H groups in total. The second kappa shape index (κ2) is 5.54. The van der Waals surface area contributed by atoms with Gasteiger partial charge in [0.2, 0.25) is 0 Å². The average Bonchev–Trinajstić information content (AvgIpc) is 2.27. The van der Waals surface area contributed by atoms with Crippen molar-refractivity contribution in [2.75, 3.05) is 6.61 Å². The number of nitrogens with one attached hydrogen (secondary N) is 1. The van der Waals surface area contributed by atoms with Gasteiger partial charge in [0.15, 0.2) is 0 Å². The molecule has 1 rings (SSSR count). The molecule has 98 valence electrons. The molecular formula is C12H17N3O3. The molecule has 0 saturated heterocycles. The number of carbonyl (C=O) groups is 2. The Labute approximate surface area is 106 Å². The van der Waals surface area contributed by atoms with Crippen molar-refractivity contribution in [3.8, 4) is 6.07 Å². The Morgan fingerprint density at radius 2 is 2.22 bits per heavy atom. The molecule has 0 radical (unpaired) electrons. The highest BCUT2D eigenvalue weighted by atomic mass is 16.6. The van der Waals surface area contributed by atoms with Gasteiger partial charge in [-0.15, -0.1) is 0 Å². The molecule has 6 heteroatoms. The molecule has 0 saturated carbocycles. The van der Waals surface area contributed by atoms with Crippen LogP contribution in [0.3, 0.4) is 0 Å². The first-order chi connectivity index (χ1) is 8.43. The van der Waals surface area contributed by atoms with Crippen LogP contribution >= 0.6 is 0 Å². The van der Waals surface area contributed by atoms with Gasteiger partial charge in [-0.1, -0.05) is 13.8 Å². The van der Waals surface area contributed by atoms with E-state index >= 15 is 0 Å². The average molecular weight is 251 g/mol. The second-order valence-electron chi connectivity index (χ2n) is 4.34. The Hall–Kier alpha value is -2.03. The van der Waals surface area contributed by atoms with Crippen molar-refractivity contribution in [2.24, 2.45) is 5.92 Å². The maximum atomic E-state index is 11.9. The van der Waals surface area contributed by atoms with E-state index in [1.165, 1.54) is 0 Å². The summed E-state index contributed by atoms with van der Waals surface area (Å²) in [6.45, 7) is 7.18. The minimum Gasteiger partial charge on any atom is -0.449 e. The molecule has 3 amide bonds. The lowest BCUT2D eigenvalue weighted by molar-refractivity contribution is 0.0969. The fourth-order valence-electron chi connectivity index (χ4n) is 1.94. The maximum absolute atomic E-state index is 11.9. The van der Waals surface area contributed by atoms with Crippen LogP contribution in [-0.4, -0.2) is 29.7 Å². The molecule has 1 unspecified atom stereocenters. The van der Waals surface area contributed by atoms with E-state index in [1.807, 2.05) is 19.9 Å². The highest BCUT2D eigenvalue weighted by molar-refractivity contribution is 5.94. The number of nitriles is 1. The van der Waals surface area contributed by atoms with Gasteiger partial charge in [0.05, 0.1) is 24.3 Å². The zero-order valence-electron chi connectivity index (χ0n) is 11.0. The van der Waals surface area contributed by atoms with Crippen LogP contribution in [0.4, 0.5) is 9.59 Å². The molecule has 0 aromatic heterocycles. The summed E-state index contributed by atoms with van der Waals surface area (Å²) in [4.78, 5) is 24.6. The van der Waals surface area contributed by atoms with Crippen molar-refractivity contribution >= 4 is 12.1 Å². The largest absolute Gasteiger partial charge is 0.449 e. The van der Waals surface area contributed by atoms with Gasteiger partial charge in [-0.3, -0.25) is 0 Å². The quantitative estimate of drug-likeness (QED) is 0.813. The summed E-state index contributed by atoms with van der Waals surface area (Å²) >= 11 is 0. The van der Waals surface area contributed by atoms with E-state index in [-0.39, 0.29) is 12.5 Å². The summed E-state index contributed by atoms with van der Waals surface area (Å²) in [6.07, 6.45) is -0.728. The number of imide groups is 1. The SMILES string of the molecule is CCOC(=O)N1C(=O)NC(C)=C(C#N)C1C(C)C. The van der Waals surface area contributed by atoms with Crippen LogP contribution in [0.15, 0.2) is 11.3 Å². The Balaban J connectivity index is 3.20. The summed E-state index contributed by atoms with van der Waals surface area (Å²) in [5, 5.41) is 11.7. The van der Waals surface area contributed by atoms with Gasteiger partial charge in [-0.05, 0) is 19.8 Å². The van der Waals surface area contributed by atoms with E-state index in [2.05, 4.69) is 5.32 Å². The van der Waals surface area contributed by atoms with Gasteiger partial charge >= 0.3 is 12.1 Å². The van der Waals surface area contributed by atoms with Crippen molar-refractivity contribution in [3.05, 3.63) is 11.3 Å². The molecule has 0 spiro atoms. The molecule has 0 bridgehead atoms. The number of urea groups is 1. The van der Waals surface area contributed by atoms with E-state index in [9.17, 15) is 9.59 Å². The van der Waals surface area contributed by atoms with E-state index < -0.39 is 18.2 Å². The number of hydrogen-bond donors (Lipinski definition) is 1. The fraction of sp³-hybridized carbons (Fsp3) is 0.583. The number of ether oxygens (including phenoxy) is 1. The van der Waals surface area contributed by atoms with Gasteiger partial charge in [0.25, 0.3) is 0 Å². The van der Waals surface area contributed by atoms with Crippen LogP contribution in [0.1, 0.15) is 27.7 Å². The zero-order valence-corrected chi connectivity index (χ0v) is 11.0. The standard InChI is InChI=1S/C12H17N3O3/c1-5-18-12(17)15-10(7(2)3)9(6-13)8(4)14-11(15)16/h7,10H,5H2,1-4H3,(H,14,16). The highest BCUT2D eigenvalue weighted by Gasteiger charge is 2.40. The molecule has 0 aromatic carbocycles. The van der Waals surface area contributed by atoms with E-state index in [4.69, 9.17) is 10.00 Å². The summed E-state index contributed by atoms with van der Waals surface area (Å²) in [6, 6.07) is 0.915. The third-order valence-corrected chi connectivity index (χ3v) is 2.71. The first-order valence-electron chi connectivity index (χ1n) is 5.81. The first kappa shape index (κ1) is 14.0. The summed E-state index contributed by atoms with van der Waals surface area (Å²) in [5.74, 6) is -0.0648. The van der Waals surface area contributed by atoms with E-state index in [0.717, 1.165) is 4.90 Å². The Bertz CT molecular complexity index is 434. The Morgan fingerprint density at radius 3 is 2.67 bits per heavy atom. The molecule has 1 aliphatic heterocycles. The summed E-state index contributed by atoms with van der Waals surface area (Å²) in [7, 11) is 0. The monoisotopic (exact) mass is 251 g/mol.